The highest BCUT2D eigenvalue weighted by Crippen LogP contribution is 2.33. The van der Waals surface area contributed by atoms with E-state index in [4.69, 9.17) is 0 Å². The van der Waals surface area contributed by atoms with E-state index in [2.05, 4.69) is 25.8 Å². The Balaban J connectivity index is 2.66. The Hall–Kier alpha value is -0.330. The Bertz CT molecular complexity index is 160. The van der Waals surface area contributed by atoms with Crippen LogP contribution < -0.4 is 0 Å². The number of hydrogen-bond donors (Lipinski definition) is 0. The van der Waals surface area contributed by atoms with Gasteiger partial charge in [0.1, 0.15) is 0 Å². The van der Waals surface area contributed by atoms with Gasteiger partial charge in [-0.1, -0.05) is 20.3 Å². The van der Waals surface area contributed by atoms with Gasteiger partial charge in [-0.3, -0.25) is 4.99 Å². The van der Waals surface area contributed by atoms with E-state index in [9.17, 15) is 0 Å². The molecule has 0 radical (unpaired) electrons. The lowest BCUT2D eigenvalue weighted by Crippen LogP contribution is -2.29. The zero-order valence-corrected chi connectivity index (χ0v) is 7.98. The third-order valence-corrected chi connectivity index (χ3v) is 2.91. The summed E-state index contributed by atoms with van der Waals surface area (Å²) in [5.41, 5.74) is 1.82. The third-order valence-electron chi connectivity index (χ3n) is 2.91. The van der Waals surface area contributed by atoms with E-state index in [0.29, 0.717) is 5.41 Å². The number of aliphatic imine (C=N–C) groups is 1. The molecule has 0 saturated carbocycles. The second-order valence-electron chi connectivity index (χ2n) is 3.88. The molecule has 0 aromatic heterocycles. The normalized spacial score (nSPS) is 31.7. The zero-order valence-electron chi connectivity index (χ0n) is 7.98. The summed E-state index contributed by atoms with van der Waals surface area (Å²) in [6.45, 7) is 7.86. The molecule has 0 saturated heterocycles. The van der Waals surface area contributed by atoms with Gasteiger partial charge in [-0.2, -0.15) is 0 Å². The van der Waals surface area contributed by atoms with Gasteiger partial charge in [0.15, 0.2) is 0 Å². The fraction of sp³-hybridized carbons (Fsp3) is 0.900. The Morgan fingerprint density at radius 1 is 1.55 bits per heavy atom. The van der Waals surface area contributed by atoms with Gasteiger partial charge >= 0.3 is 0 Å². The SMILES string of the molecule is CCCC1(C)CCCN=C1C. The third kappa shape index (κ3) is 1.82. The monoisotopic (exact) mass is 153 g/mol. The van der Waals surface area contributed by atoms with Gasteiger partial charge in [0.05, 0.1) is 0 Å². The van der Waals surface area contributed by atoms with Crippen molar-refractivity contribution < 1.29 is 0 Å². The van der Waals surface area contributed by atoms with Crippen LogP contribution in [-0.2, 0) is 0 Å². The van der Waals surface area contributed by atoms with Crippen LogP contribution in [0.4, 0.5) is 0 Å². The van der Waals surface area contributed by atoms with Gasteiger partial charge in [0, 0.05) is 17.7 Å². The highest BCUT2D eigenvalue weighted by Gasteiger charge is 2.28. The predicted octanol–water partition coefficient (Wildman–Crippen LogP) is 3.05. The van der Waals surface area contributed by atoms with E-state index in [1.807, 2.05) is 0 Å². The minimum atomic E-state index is 0.437. The summed E-state index contributed by atoms with van der Waals surface area (Å²) in [7, 11) is 0. The van der Waals surface area contributed by atoms with E-state index in [1.54, 1.807) is 0 Å². The molecule has 0 fully saturated rings. The van der Waals surface area contributed by atoms with Crippen LogP contribution in [-0.4, -0.2) is 12.3 Å². The largest absolute Gasteiger partial charge is 0.294 e. The van der Waals surface area contributed by atoms with Crippen molar-refractivity contribution in [3.63, 3.8) is 0 Å². The van der Waals surface area contributed by atoms with Gasteiger partial charge < -0.3 is 0 Å². The van der Waals surface area contributed by atoms with E-state index in [-0.39, 0.29) is 0 Å². The molecule has 1 heterocycles. The Kier molecular flexibility index (Phi) is 2.69. The first-order valence-electron chi connectivity index (χ1n) is 4.70. The van der Waals surface area contributed by atoms with Crippen LogP contribution in [0.2, 0.25) is 0 Å². The average Bonchev–Trinajstić information content (AvgIpc) is 1.96. The van der Waals surface area contributed by atoms with Gasteiger partial charge in [-0.25, -0.2) is 0 Å². The maximum Gasteiger partial charge on any atom is 0.0389 e. The fourth-order valence-corrected chi connectivity index (χ4v) is 1.95. The minimum Gasteiger partial charge on any atom is -0.294 e. The second-order valence-corrected chi connectivity index (χ2v) is 3.88. The maximum atomic E-state index is 4.52. The van der Waals surface area contributed by atoms with Crippen molar-refractivity contribution in [2.75, 3.05) is 6.54 Å². The smallest absolute Gasteiger partial charge is 0.0389 e. The van der Waals surface area contributed by atoms with Crippen molar-refractivity contribution in [1.29, 1.82) is 0 Å². The van der Waals surface area contributed by atoms with Gasteiger partial charge in [-0.15, -0.1) is 0 Å². The summed E-state index contributed by atoms with van der Waals surface area (Å²) in [5.74, 6) is 0. The van der Waals surface area contributed by atoms with Gasteiger partial charge in [0.2, 0.25) is 0 Å². The molecule has 1 aliphatic rings. The molecule has 1 heteroatoms. The summed E-state index contributed by atoms with van der Waals surface area (Å²) < 4.78 is 0. The molecular formula is C10H19N. The van der Waals surface area contributed by atoms with E-state index in [0.717, 1.165) is 6.54 Å². The predicted molar refractivity (Wildman–Crippen MR) is 50.2 cm³/mol. The first kappa shape index (κ1) is 8.76. The molecule has 0 aliphatic carbocycles. The van der Waals surface area contributed by atoms with Gasteiger partial charge in [-0.05, 0) is 26.2 Å². The highest BCUT2D eigenvalue weighted by atomic mass is 14.8. The van der Waals surface area contributed by atoms with Crippen molar-refractivity contribution in [2.45, 2.75) is 46.5 Å². The number of nitrogens with zero attached hydrogens (tertiary/aromatic N) is 1. The summed E-state index contributed by atoms with van der Waals surface area (Å²) in [6, 6.07) is 0. The van der Waals surface area contributed by atoms with Crippen molar-refractivity contribution in [3.05, 3.63) is 0 Å². The quantitative estimate of drug-likeness (QED) is 0.578. The first-order chi connectivity index (χ1) is 5.19. The molecule has 1 unspecified atom stereocenters. The maximum absolute atomic E-state index is 4.52. The highest BCUT2D eigenvalue weighted by molar-refractivity contribution is 5.88. The van der Waals surface area contributed by atoms with Crippen LogP contribution in [0.5, 0.6) is 0 Å². The molecule has 1 aliphatic heterocycles. The molecule has 11 heavy (non-hydrogen) atoms. The lowest BCUT2D eigenvalue weighted by Gasteiger charge is -2.32. The molecular weight excluding hydrogens is 134 g/mol. The summed E-state index contributed by atoms with van der Waals surface area (Å²) >= 11 is 0. The molecule has 0 spiro atoms. The minimum absolute atomic E-state index is 0.437. The molecule has 0 amide bonds. The Morgan fingerprint density at radius 2 is 2.27 bits per heavy atom. The van der Waals surface area contributed by atoms with Crippen molar-refractivity contribution >= 4 is 5.71 Å². The summed E-state index contributed by atoms with van der Waals surface area (Å²) in [5, 5.41) is 0. The molecule has 1 nitrogen and oxygen atoms in total. The van der Waals surface area contributed by atoms with Crippen molar-refractivity contribution in [2.24, 2.45) is 10.4 Å². The molecule has 0 aromatic rings. The fourth-order valence-electron chi connectivity index (χ4n) is 1.95. The average molecular weight is 153 g/mol. The van der Waals surface area contributed by atoms with Crippen LogP contribution in [0.25, 0.3) is 0 Å². The second kappa shape index (κ2) is 3.38. The van der Waals surface area contributed by atoms with Gasteiger partial charge in [0.25, 0.3) is 0 Å². The molecule has 64 valence electrons. The number of hydrogen-bond acceptors (Lipinski definition) is 1. The van der Waals surface area contributed by atoms with Crippen LogP contribution >= 0.6 is 0 Å². The standard InChI is InChI=1S/C10H19N/c1-4-6-10(3)7-5-8-11-9(10)2/h4-8H2,1-3H3. The molecule has 0 bridgehead atoms. The first-order valence-corrected chi connectivity index (χ1v) is 4.70. The lowest BCUT2D eigenvalue weighted by molar-refractivity contribution is 0.363. The van der Waals surface area contributed by atoms with E-state index in [1.165, 1.54) is 31.4 Å². The molecule has 1 atom stereocenters. The van der Waals surface area contributed by atoms with Crippen LogP contribution in [0.15, 0.2) is 4.99 Å². The topological polar surface area (TPSA) is 12.4 Å². The van der Waals surface area contributed by atoms with Crippen molar-refractivity contribution in [1.82, 2.24) is 0 Å². The van der Waals surface area contributed by atoms with Crippen molar-refractivity contribution in [3.8, 4) is 0 Å². The van der Waals surface area contributed by atoms with Crippen LogP contribution in [0, 0.1) is 5.41 Å². The Labute approximate surface area is 69.9 Å². The number of rotatable bonds is 2. The molecule has 1 rings (SSSR count). The summed E-state index contributed by atoms with van der Waals surface area (Å²) in [4.78, 5) is 4.52. The lowest BCUT2D eigenvalue weighted by atomic mass is 9.76. The van der Waals surface area contributed by atoms with E-state index >= 15 is 0 Å². The summed E-state index contributed by atoms with van der Waals surface area (Å²) in [6.07, 6.45) is 5.22. The molecule has 0 N–H and O–H groups in total. The zero-order chi connectivity index (χ0) is 8.32. The Morgan fingerprint density at radius 3 is 2.82 bits per heavy atom. The molecule has 0 aromatic carbocycles. The van der Waals surface area contributed by atoms with Crippen LogP contribution in [0.1, 0.15) is 46.5 Å². The van der Waals surface area contributed by atoms with E-state index < -0.39 is 0 Å². The van der Waals surface area contributed by atoms with Crippen LogP contribution in [0.3, 0.4) is 0 Å².